The molecule has 0 spiro atoms. The predicted molar refractivity (Wildman–Crippen MR) is 109 cm³/mol. The van der Waals surface area contributed by atoms with Crippen LogP contribution in [-0.4, -0.2) is 46.5 Å². The van der Waals surface area contributed by atoms with Gasteiger partial charge in [0.05, 0.1) is 23.6 Å². The van der Waals surface area contributed by atoms with Gasteiger partial charge in [0.25, 0.3) is 5.91 Å². The average molecular weight is 423 g/mol. The Morgan fingerprint density at radius 3 is 2.70 bits per heavy atom. The summed E-state index contributed by atoms with van der Waals surface area (Å²) in [5.74, 6) is 0.943. The van der Waals surface area contributed by atoms with E-state index in [4.69, 9.17) is 4.98 Å². The maximum absolute atomic E-state index is 13.3. The van der Waals surface area contributed by atoms with Crippen LogP contribution in [0.1, 0.15) is 34.8 Å². The fraction of sp³-hybridized carbons (Fsp3) is 0.250. The van der Waals surface area contributed by atoms with E-state index in [-0.39, 0.29) is 17.8 Å². The van der Waals surface area contributed by atoms with Gasteiger partial charge in [0.2, 0.25) is 0 Å². The summed E-state index contributed by atoms with van der Waals surface area (Å²) in [5, 5.41) is 7.62. The van der Waals surface area contributed by atoms with Crippen LogP contribution in [0.15, 0.2) is 36.7 Å². The molecule has 0 saturated carbocycles. The Labute approximate surface area is 175 Å². The van der Waals surface area contributed by atoms with Crippen LogP contribution >= 0.6 is 11.5 Å². The normalized spacial score (nSPS) is 16.0. The van der Waals surface area contributed by atoms with E-state index in [0.717, 1.165) is 27.8 Å². The number of aromatic amines is 1. The van der Waals surface area contributed by atoms with E-state index < -0.39 is 0 Å². The summed E-state index contributed by atoms with van der Waals surface area (Å²) < 4.78 is 19.7. The standard InChI is InChI=1S/C20H18FN7OS/c1-11-17-16(14-9-22-23-10-14)25-18(19-24-12(2)26-30-19)28(17)8-7-27(11)20(29)13-3-5-15(21)6-4-13/h3-6,9-11H,7-8H2,1-2H3,(H,22,23)/t11-/m1/s1. The molecule has 0 unspecified atom stereocenters. The Hall–Kier alpha value is -3.40. The summed E-state index contributed by atoms with van der Waals surface area (Å²) in [5.41, 5.74) is 2.98. The number of aromatic nitrogens is 6. The third-order valence-corrected chi connectivity index (χ3v) is 6.08. The number of carbonyl (C=O) groups is 1. The van der Waals surface area contributed by atoms with Gasteiger partial charge in [-0.3, -0.25) is 9.89 Å². The third kappa shape index (κ3) is 3.00. The number of carbonyl (C=O) groups excluding carboxylic acids is 1. The highest BCUT2D eigenvalue weighted by Crippen LogP contribution is 2.38. The SMILES string of the molecule is Cc1nsc(-c2nc(-c3cn[nH]c3)c3n2CCN(C(=O)c2ccc(F)cc2)[C@@H]3C)n1. The molecule has 0 fully saturated rings. The molecule has 1 amide bonds. The highest BCUT2D eigenvalue weighted by atomic mass is 32.1. The largest absolute Gasteiger partial charge is 0.329 e. The number of imidazole rings is 1. The lowest BCUT2D eigenvalue weighted by atomic mass is 10.0. The number of hydrogen-bond donors (Lipinski definition) is 1. The molecule has 1 aromatic carbocycles. The van der Waals surface area contributed by atoms with Crippen molar-refractivity contribution in [3.8, 4) is 22.1 Å². The number of rotatable bonds is 3. The number of aryl methyl sites for hydroxylation is 1. The molecule has 0 saturated heterocycles. The first kappa shape index (κ1) is 18.6. The van der Waals surface area contributed by atoms with Crippen molar-refractivity contribution < 1.29 is 9.18 Å². The zero-order chi connectivity index (χ0) is 20.8. The minimum absolute atomic E-state index is 0.138. The number of nitrogens with one attached hydrogen (secondary N) is 1. The van der Waals surface area contributed by atoms with Crippen LogP contribution in [0.2, 0.25) is 0 Å². The van der Waals surface area contributed by atoms with Gasteiger partial charge in [-0.2, -0.15) is 9.47 Å². The van der Waals surface area contributed by atoms with Crippen LogP contribution < -0.4 is 0 Å². The van der Waals surface area contributed by atoms with Crippen molar-refractivity contribution in [1.82, 2.24) is 34.0 Å². The highest BCUT2D eigenvalue weighted by Gasteiger charge is 2.34. The number of hydrogen-bond acceptors (Lipinski definition) is 6. The first-order chi connectivity index (χ1) is 14.5. The van der Waals surface area contributed by atoms with Gasteiger partial charge >= 0.3 is 0 Å². The second kappa shape index (κ2) is 7.13. The third-order valence-electron chi connectivity index (χ3n) is 5.28. The van der Waals surface area contributed by atoms with Gasteiger partial charge in [-0.1, -0.05) is 0 Å². The van der Waals surface area contributed by atoms with Crippen molar-refractivity contribution in [3.63, 3.8) is 0 Å². The molecule has 1 N–H and O–H groups in total. The van der Waals surface area contributed by atoms with Crippen molar-refractivity contribution in [3.05, 3.63) is 59.6 Å². The average Bonchev–Trinajstić information content (AvgIpc) is 3.47. The number of benzene rings is 1. The fourth-order valence-corrected chi connectivity index (χ4v) is 4.51. The summed E-state index contributed by atoms with van der Waals surface area (Å²) in [6.45, 7) is 4.91. The van der Waals surface area contributed by atoms with Crippen LogP contribution in [0.3, 0.4) is 0 Å². The van der Waals surface area contributed by atoms with Crippen LogP contribution in [0.5, 0.6) is 0 Å². The highest BCUT2D eigenvalue weighted by molar-refractivity contribution is 7.09. The van der Waals surface area contributed by atoms with Crippen molar-refractivity contribution in [1.29, 1.82) is 0 Å². The van der Waals surface area contributed by atoms with E-state index in [9.17, 15) is 9.18 Å². The minimum atomic E-state index is -0.365. The molecule has 4 aromatic rings. The van der Waals surface area contributed by atoms with E-state index in [0.29, 0.717) is 24.5 Å². The molecule has 1 aliphatic heterocycles. The van der Waals surface area contributed by atoms with Gasteiger partial charge in [0.1, 0.15) is 11.6 Å². The fourth-order valence-electron chi connectivity index (χ4n) is 3.84. The molecule has 10 heteroatoms. The van der Waals surface area contributed by atoms with E-state index in [1.54, 1.807) is 17.3 Å². The summed E-state index contributed by atoms with van der Waals surface area (Å²) in [6, 6.07) is 5.40. The number of nitrogens with zero attached hydrogens (tertiary/aromatic N) is 6. The summed E-state index contributed by atoms with van der Waals surface area (Å²) in [6.07, 6.45) is 3.50. The summed E-state index contributed by atoms with van der Waals surface area (Å²) in [4.78, 5) is 24.3. The molecule has 152 valence electrons. The van der Waals surface area contributed by atoms with Gasteiger partial charge in [0.15, 0.2) is 10.8 Å². The molecule has 0 aliphatic carbocycles. The minimum Gasteiger partial charge on any atom is -0.329 e. The van der Waals surface area contributed by atoms with Crippen molar-refractivity contribution in [2.75, 3.05) is 6.54 Å². The smallest absolute Gasteiger partial charge is 0.254 e. The Kier molecular flexibility index (Phi) is 4.43. The summed E-state index contributed by atoms with van der Waals surface area (Å²) >= 11 is 1.31. The van der Waals surface area contributed by atoms with Crippen LogP contribution in [0.25, 0.3) is 22.1 Å². The van der Waals surface area contributed by atoms with Crippen molar-refractivity contribution in [2.45, 2.75) is 26.4 Å². The Morgan fingerprint density at radius 1 is 1.23 bits per heavy atom. The number of H-pyrrole nitrogens is 1. The maximum Gasteiger partial charge on any atom is 0.254 e. The van der Waals surface area contributed by atoms with Crippen LogP contribution in [0, 0.1) is 12.7 Å². The predicted octanol–water partition coefficient (Wildman–Crippen LogP) is 3.46. The first-order valence-electron chi connectivity index (χ1n) is 9.49. The van der Waals surface area contributed by atoms with E-state index >= 15 is 0 Å². The number of amides is 1. The molecule has 1 atom stereocenters. The van der Waals surface area contributed by atoms with E-state index in [1.807, 2.05) is 13.8 Å². The zero-order valence-corrected chi connectivity index (χ0v) is 17.1. The van der Waals surface area contributed by atoms with E-state index in [1.165, 1.54) is 35.8 Å². The molecule has 30 heavy (non-hydrogen) atoms. The number of halogens is 1. The van der Waals surface area contributed by atoms with Gasteiger partial charge in [-0.15, -0.1) is 0 Å². The van der Waals surface area contributed by atoms with E-state index in [2.05, 4.69) is 24.1 Å². The molecule has 0 bridgehead atoms. The molecule has 1 aliphatic rings. The quantitative estimate of drug-likeness (QED) is 0.545. The summed E-state index contributed by atoms with van der Waals surface area (Å²) in [7, 11) is 0. The molecule has 5 rings (SSSR count). The molecule has 4 heterocycles. The lowest BCUT2D eigenvalue weighted by Gasteiger charge is -2.35. The van der Waals surface area contributed by atoms with Crippen LogP contribution in [-0.2, 0) is 6.54 Å². The van der Waals surface area contributed by atoms with Gasteiger partial charge in [-0.25, -0.2) is 14.4 Å². The zero-order valence-electron chi connectivity index (χ0n) is 16.3. The molecule has 8 nitrogen and oxygen atoms in total. The lowest BCUT2D eigenvalue weighted by Crippen LogP contribution is -2.41. The van der Waals surface area contributed by atoms with Crippen molar-refractivity contribution >= 4 is 17.4 Å². The molecule has 0 radical (unpaired) electrons. The molecule has 3 aromatic heterocycles. The topological polar surface area (TPSA) is 92.6 Å². The Bertz CT molecular complexity index is 1210. The monoisotopic (exact) mass is 423 g/mol. The first-order valence-corrected chi connectivity index (χ1v) is 10.3. The maximum atomic E-state index is 13.3. The van der Waals surface area contributed by atoms with Gasteiger partial charge in [-0.05, 0) is 49.6 Å². The van der Waals surface area contributed by atoms with Gasteiger partial charge in [0, 0.05) is 30.4 Å². The van der Waals surface area contributed by atoms with Crippen LogP contribution in [0.4, 0.5) is 4.39 Å². The Morgan fingerprint density at radius 2 is 2.03 bits per heavy atom. The molecular weight excluding hydrogens is 405 g/mol. The molecular formula is C20H18FN7OS. The van der Waals surface area contributed by atoms with Gasteiger partial charge < -0.3 is 9.47 Å². The second-order valence-corrected chi connectivity index (χ2v) is 7.89. The number of fused-ring (bicyclic) bond motifs is 1. The van der Waals surface area contributed by atoms with Crippen molar-refractivity contribution in [2.24, 2.45) is 0 Å². The lowest BCUT2D eigenvalue weighted by molar-refractivity contribution is 0.0645. The second-order valence-electron chi connectivity index (χ2n) is 7.14. The Balaban J connectivity index is 1.60.